The van der Waals surface area contributed by atoms with Gasteiger partial charge in [0.2, 0.25) is 5.91 Å². The van der Waals surface area contributed by atoms with E-state index in [0.717, 1.165) is 18.4 Å². The number of esters is 1. The molecule has 1 unspecified atom stereocenters. The fourth-order valence-corrected chi connectivity index (χ4v) is 4.08. The van der Waals surface area contributed by atoms with Crippen LogP contribution in [0, 0.1) is 6.92 Å². The summed E-state index contributed by atoms with van der Waals surface area (Å²) in [7, 11) is 1.28. The molecule has 2 aromatic rings. The number of aromatic amines is 1. The minimum atomic E-state index is -0.559. The third kappa shape index (κ3) is 4.42. The molecule has 1 aliphatic rings. The lowest BCUT2D eigenvalue weighted by Crippen LogP contribution is -2.29. The van der Waals surface area contributed by atoms with E-state index in [1.807, 2.05) is 6.92 Å². The molecule has 0 saturated heterocycles. The van der Waals surface area contributed by atoms with Crippen molar-refractivity contribution in [1.82, 2.24) is 10.3 Å². The molecule has 6 nitrogen and oxygen atoms in total. The summed E-state index contributed by atoms with van der Waals surface area (Å²) >= 11 is 0. The third-order valence-corrected chi connectivity index (χ3v) is 5.66. The normalized spacial score (nSPS) is 14.1. The van der Waals surface area contributed by atoms with Crippen LogP contribution in [0.15, 0.2) is 18.2 Å². The van der Waals surface area contributed by atoms with Crippen molar-refractivity contribution in [2.45, 2.75) is 58.9 Å². The predicted octanol–water partition coefficient (Wildman–Crippen LogP) is 3.61. The summed E-state index contributed by atoms with van der Waals surface area (Å²) in [6.45, 7) is 5.04. The first-order valence-corrected chi connectivity index (χ1v) is 10.0. The van der Waals surface area contributed by atoms with E-state index in [9.17, 15) is 14.4 Å². The van der Waals surface area contributed by atoms with Gasteiger partial charge in [-0.3, -0.25) is 9.59 Å². The van der Waals surface area contributed by atoms with Gasteiger partial charge >= 0.3 is 5.97 Å². The van der Waals surface area contributed by atoms with Gasteiger partial charge in [-0.05, 0) is 61.8 Å². The largest absolute Gasteiger partial charge is 0.465 e. The lowest BCUT2D eigenvalue weighted by atomic mass is 9.89. The van der Waals surface area contributed by atoms with E-state index in [-0.39, 0.29) is 29.7 Å². The number of methoxy groups -OCH3 is 1. The van der Waals surface area contributed by atoms with Crippen LogP contribution >= 0.6 is 0 Å². The number of carbonyl (C=O) groups is 3. The van der Waals surface area contributed by atoms with Gasteiger partial charge in [0.1, 0.15) is 0 Å². The van der Waals surface area contributed by atoms with E-state index >= 15 is 0 Å². The zero-order valence-corrected chi connectivity index (χ0v) is 17.5. The minimum absolute atomic E-state index is 0.0339. The Hall–Kier alpha value is -2.89. The second kappa shape index (κ2) is 8.64. The van der Waals surface area contributed by atoms with Crippen molar-refractivity contribution in [3.63, 3.8) is 0 Å². The number of aryl methyl sites for hydroxylation is 2. The van der Waals surface area contributed by atoms with Crippen LogP contribution in [0.5, 0.6) is 0 Å². The Bertz CT molecular complexity index is 958. The van der Waals surface area contributed by atoms with Crippen molar-refractivity contribution in [3.8, 4) is 0 Å². The topological polar surface area (TPSA) is 88.3 Å². The van der Waals surface area contributed by atoms with Crippen LogP contribution < -0.4 is 5.32 Å². The van der Waals surface area contributed by atoms with Gasteiger partial charge < -0.3 is 15.0 Å². The molecule has 0 radical (unpaired) electrons. The molecule has 0 bridgehead atoms. The van der Waals surface area contributed by atoms with Crippen molar-refractivity contribution in [1.29, 1.82) is 0 Å². The molecule has 1 aromatic heterocycles. The Morgan fingerprint density at radius 3 is 2.52 bits per heavy atom. The number of Topliss-reactive ketones (excluding diaryl/α,β-unsaturated/α-hetero) is 1. The predicted molar refractivity (Wildman–Crippen MR) is 110 cm³/mol. The highest BCUT2D eigenvalue weighted by molar-refractivity contribution is 6.01. The van der Waals surface area contributed by atoms with Crippen LogP contribution in [0.25, 0.3) is 0 Å². The minimum Gasteiger partial charge on any atom is -0.465 e. The molecule has 0 fully saturated rings. The van der Waals surface area contributed by atoms with E-state index < -0.39 is 5.97 Å². The summed E-state index contributed by atoms with van der Waals surface area (Å²) < 4.78 is 4.83. The standard InChI is InChI=1S/C23H28N2O4/c1-13-21(23(28)29-4)19(25-22(13)15(3)26)12-20(27)24-14(2)17-10-9-16-7-5-6-8-18(16)11-17/h9-11,14,25H,5-8,12H2,1-4H3,(H,24,27). The van der Waals surface area contributed by atoms with Crippen molar-refractivity contribution >= 4 is 17.7 Å². The summed E-state index contributed by atoms with van der Waals surface area (Å²) in [6.07, 6.45) is 4.62. The Labute approximate surface area is 171 Å². The highest BCUT2D eigenvalue weighted by Gasteiger charge is 2.25. The Morgan fingerprint density at radius 2 is 1.86 bits per heavy atom. The number of aromatic nitrogens is 1. The number of H-pyrrole nitrogens is 1. The zero-order valence-electron chi connectivity index (χ0n) is 17.5. The number of benzene rings is 1. The molecule has 0 aliphatic heterocycles. The van der Waals surface area contributed by atoms with Crippen molar-refractivity contribution in [3.05, 3.63) is 57.4 Å². The van der Waals surface area contributed by atoms with Gasteiger partial charge in [0, 0.05) is 12.6 Å². The highest BCUT2D eigenvalue weighted by Crippen LogP contribution is 2.25. The Balaban J connectivity index is 1.76. The Kier molecular flexibility index (Phi) is 6.20. The molecule has 1 aliphatic carbocycles. The fourth-order valence-electron chi connectivity index (χ4n) is 4.08. The van der Waals surface area contributed by atoms with Gasteiger partial charge in [0.15, 0.2) is 5.78 Å². The number of hydrogen-bond acceptors (Lipinski definition) is 4. The number of carbonyl (C=O) groups excluding carboxylic acids is 3. The number of rotatable bonds is 6. The third-order valence-electron chi connectivity index (χ3n) is 5.66. The fraction of sp³-hybridized carbons (Fsp3) is 0.435. The van der Waals surface area contributed by atoms with E-state index in [1.54, 1.807) is 6.92 Å². The number of fused-ring (bicyclic) bond motifs is 1. The van der Waals surface area contributed by atoms with E-state index in [2.05, 4.69) is 28.5 Å². The van der Waals surface area contributed by atoms with E-state index in [4.69, 9.17) is 4.74 Å². The van der Waals surface area contributed by atoms with Crippen LogP contribution in [-0.4, -0.2) is 29.8 Å². The van der Waals surface area contributed by atoms with Gasteiger partial charge in [-0.15, -0.1) is 0 Å². The maximum absolute atomic E-state index is 12.7. The SMILES string of the molecule is COC(=O)c1c(CC(=O)NC(C)c2ccc3c(c2)CCCC3)[nH]c(C(C)=O)c1C. The monoisotopic (exact) mass is 396 g/mol. The van der Waals surface area contributed by atoms with E-state index in [1.165, 1.54) is 38.0 Å². The smallest absolute Gasteiger partial charge is 0.339 e. The van der Waals surface area contributed by atoms with Crippen LogP contribution in [0.2, 0.25) is 0 Å². The molecule has 1 atom stereocenters. The number of nitrogens with one attached hydrogen (secondary N) is 2. The molecule has 0 saturated carbocycles. The van der Waals surface area contributed by atoms with Crippen molar-refractivity contribution in [2.24, 2.45) is 0 Å². The molecule has 6 heteroatoms. The van der Waals surface area contributed by atoms with E-state index in [0.29, 0.717) is 17.0 Å². The van der Waals surface area contributed by atoms with Crippen LogP contribution in [-0.2, 0) is 28.8 Å². The first-order valence-electron chi connectivity index (χ1n) is 10.0. The Morgan fingerprint density at radius 1 is 1.17 bits per heavy atom. The molecule has 1 heterocycles. The average Bonchev–Trinajstić information content (AvgIpc) is 3.02. The van der Waals surface area contributed by atoms with Gasteiger partial charge in [-0.2, -0.15) is 0 Å². The second-order valence-corrected chi connectivity index (χ2v) is 7.73. The van der Waals surface area contributed by atoms with Crippen LogP contribution in [0.1, 0.15) is 81.5 Å². The first kappa shape index (κ1) is 20.8. The zero-order chi connectivity index (χ0) is 21.1. The molecule has 1 amide bonds. The summed E-state index contributed by atoms with van der Waals surface area (Å²) in [4.78, 5) is 39.6. The molecule has 3 rings (SSSR count). The van der Waals surface area contributed by atoms with Gasteiger partial charge in [0.25, 0.3) is 0 Å². The number of amides is 1. The molecule has 29 heavy (non-hydrogen) atoms. The quantitative estimate of drug-likeness (QED) is 0.577. The van der Waals surface area contributed by atoms with Crippen molar-refractivity contribution < 1.29 is 19.1 Å². The molecule has 154 valence electrons. The van der Waals surface area contributed by atoms with Gasteiger partial charge in [-0.1, -0.05) is 18.2 Å². The lowest BCUT2D eigenvalue weighted by molar-refractivity contribution is -0.121. The molecular formula is C23H28N2O4. The average molecular weight is 396 g/mol. The summed E-state index contributed by atoms with van der Waals surface area (Å²) in [5, 5.41) is 3.00. The number of ketones is 1. The second-order valence-electron chi connectivity index (χ2n) is 7.73. The summed E-state index contributed by atoms with van der Waals surface area (Å²) in [5.74, 6) is -0.977. The van der Waals surface area contributed by atoms with Crippen molar-refractivity contribution in [2.75, 3.05) is 7.11 Å². The van der Waals surface area contributed by atoms with Crippen LogP contribution in [0.3, 0.4) is 0 Å². The molecular weight excluding hydrogens is 368 g/mol. The number of ether oxygens (including phenoxy) is 1. The summed E-state index contributed by atoms with van der Waals surface area (Å²) in [6, 6.07) is 6.27. The van der Waals surface area contributed by atoms with Gasteiger partial charge in [-0.25, -0.2) is 4.79 Å². The summed E-state index contributed by atoms with van der Waals surface area (Å²) in [5.41, 5.74) is 5.34. The maximum Gasteiger partial charge on any atom is 0.339 e. The first-order chi connectivity index (χ1) is 13.8. The molecule has 1 aromatic carbocycles. The molecule has 0 spiro atoms. The molecule has 2 N–H and O–H groups in total. The number of hydrogen-bond donors (Lipinski definition) is 2. The van der Waals surface area contributed by atoms with Crippen LogP contribution in [0.4, 0.5) is 0 Å². The maximum atomic E-state index is 12.7. The van der Waals surface area contributed by atoms with Gasteiger partial charge in [0.05, 0.1) is 30.8 Å². The highest BCUT2D eigenvalue weighted by atomic mass is 16.5. The lowest BCUT2D eigenvalue weighted by Gasteiger charge is -2.20.